The second-order valence-corrected chi connectivity index (χ2v) is 5.68. The fourth-order valence-corrected chi connectivity index (χ4v) is 3.18. The number of carbonyl (C=O) groups is 2. The van der Waals surface area contributed by atoms with Crippen molar-refractivity contribution in [2.75, 3.05) is 6.54 Å². The van der Waals surface area contributed by atoms with Gasteiger partial charge < -0.3 is 15.2 Å². The van der Waals surface area contributed by atoms with E-state index < -0.39 is 0 Å². The van der Waals surface area contributed by atoms with E-state index in [9.17, 15) is 9.59 Å². The molecule has 1 saturated heterocycles. The minimum Gasteiger partial charge on any atom is -0.350 e. The SMILES string of the molecule is O=C(NCc1cnc[nH]1)C1CC(=O)N(C2CCCC2)C1. The first-order valence-electron chi connectivity index (χ1n) is 7.28. The Balaban J connectivity index is 1.52. The average molecular weight is 276 g/mol. The normalized spacial score (nSPS) is 23.5. The number of likely N-dealkylation sites (tertiary alicyclic amines) is 1. The van der Waals surface area contributed by atoms with E-state index in [-0.39, 0.29) is 17.7 Å². The quantitative estimate of drug-likeness (QED) is 0.854. The van der Waals surface area contributed by atoms with E-state index in [1.807, 2.05) is 4.90 Å². The third kappa shape index (κ3) is 2.69. The largest absolute Gasteiger partial charge is 0.350 e. The summed E-state index contributed by atoms with van der Waals surface area (Å²) in [6.07, 6.45) is 8.21. The lowest BCUT2D eigenvalue weighted by atomic mass is 10.1. The Morgan fingerprint density at radius 1 is 1.45 bits per heavy atom. The van der Waals surface area contributed by atoms with Crippen LogP contribution in [-0.4, -0.2) is 39.3 Å². The van der Waals surface area contributed by atoms with Crippen LogP contribution < -0.4 is 5.32 Å². The molecule has 0 spiro atoms. The number of nitrogens with one attached hydrogen (secondary N) is 2. The zero-order chi connectivity index (χ0) is 13.9. The van der Waals surface area contributed by atoms with E-state index >= 15 is 0 Å². The van der Waals surface area contributed by atoms with Gasteiger partial charge in [0.1, 0.15) is 0 Å². The smallest absolute Gasteiger partial charge is 0.225 e. The number of H-pyrrole nitrogens is 1. The second kappa shape index (κ2) is 5.64. The number of nitrogens with zero attached hydrogens (tertiary/aromatic N) is 2. The molecule has 108 valence electrons. The molecule has 2 heterocycles. The third-order valence-electron chi connectivity index (χ3n) is 4.30. The highest BCUT2D eigenvalue weighted by Gasteiger charge is 2.38. The summed E-state index contributed by atoms with van der Waals surface area (Å²) in [6, 6.07) is 0.368. The van der Waals surface area contributed by atoms with Crippen LogP contribution in [0.3, 0.4) is 0 Å². The fraction of sp³-hybridized carbons (Fsp3) is 0.643. The molecule has 2 aliphatic rings. The zero-order valence-corrected chi connectivity index (χ0v) is 11.5. The van der Waals surface area contributed by atoms with Crippen LogP contribution in [0.4, 0.5) is 0 Å². The van der Waals surface area contributed by atoms with Gasteiger partial charge in [0.05, 0.1) is 24.5 Å². The number of amides is 2. The van der Waals surface area contributed by atoms with Gasteiger partial charge in [0.2, 0.25) is 11.8 Å². The minimum absolute atomic E-state index is 0.0338. The summed E-state index contributed by atoms with van der Waals surface area (Å²) in [4.78, 5) is 32.9. The number of imidazole rings is 1. The Morgan fingerprint density at radius 3 is 2.95 bits per heavy atom. The summed E-state index contributed by atoms with van der Waals surface area (Å²) in [5.41, 5.74) is 0.871. The maximum atomic E-state index is 12.1. The summed E-state index contributed by atoms with van der Waals surface area (Å²) in [6.45, 7) is 1.02. The van der Waals surface area contributed by atoms with E-state index in [1.165, 1.54) is 12.8 Å². The maximum Gasteiger partial charge on any atom is 0.225 e. The van der Waals surface area contributed by atoms with Crippen molar-refractivity contribution in [1.29, 1.82) is 0 Å². The molecule has 1 aliphatic carbocycles. The Labute approximate surface area is 117 Å². The van der Waals surface area contributed by atoms with Gasteiger partial charge in [-0.1, -0.05) is 12.8 Å². The van der Waals surface area contributed by atoms with Crippen LogP contribution in [0, 0.1) is 5.92 Å². The van der Waals surface area contributed by atoms with Crippen LogP contribution in [0.25, 0.3) is 0 Å². The molecule has 0 bridgehead atoms. The van der Waals surface area contributed by atoms with Crippen LogP contribution in [0.15, 0.2) is 12.5 Å². The molecule has 1 atom stereocenters. The predicted octanol–water partition coefficient (Wildman–Crippen LogP) is 0.817. The highest BCUT2D eigenvalue weighted by molar-refractivity contribution is 5.89. The number of rotatable bonds is 4. The molecule has 0 aromatic carbocycles. The van der Waals surface area contributed by atoms with Crippen LogP contribution in [-0.2, 0) is 16.1 Å². The molecule has 6 nitrogen and oxygen atoms in total. The van der Waals surface area contributed by atoms with Crippen LogP contribution >= 0.6 is 0 Å². The van der Waals surface area contributed by atoms with E-state index in [2.05, 4.69) is 15.3 Å². The molecule has 6 heteroatoms. The second-order valence-electron chi connectivity index (χ2n) is 5.68. The summed E-state index contributed by atoms with van der Waals surface area (Å²) < 4.78 is 0. The van der Waals surface area contributed by atoms with E-state index in [0.29, 0.717) is 25.6 Å². The lowest BCUT2D eigenvalue weighted by Crippen LogP contribution is -2.36. The van der Waals surface area contributed by atoms with Gasteiger partial charge in [-0.25, -0.2) is 4.98 Å². The summed E-state index contributed by atoms with van der Waals surface area (Å²) in [5, 5.41) is 2.87. The van der Waals surface area contributed by atoms with E-state index in [0.717, 1.165) is 18.5 Å². The summed E-state index contributed by atoms with van der Waals surface area (Å²) >= 11 is 0. The van der Waals surface area contributed by atoms with E-state index in [1.54, 1.807) is 12.5 Å². The van der Waals surface area contributed by atoms with Crippen molar-refractivity contribution in [2.24, 2.45) is 5.92 Å². The van der Waals surface area contributed by atoms with Gasteiger partial charge in [-0.3, -0.25) is 9.59 Å². The predicted molar refractivity (Wildman–Crippen MR) is 72.5 cm³/mol. The lowest BCUT2D eigenvalue weighted by molar-refractivity contribution is -0.130. The Kier molecular flexibility index (Phi) is 3.71. The van der Waals surface area contributed by atoms with Crippen molar-refractivity contribution in [3.63, 3.8) is 0 Å². The summed E-state index contributed by atoms with van der Waals surface area (Å²) in [5.74, 6) is -0.0990. The van der Waals surface area contributed by atoms with Crippen molar-refractivity contribution in [3.05, 3.63) is 18.2 Å². The van der Waals surface area contributed by atoms with Crippen LogP contribution in [0.5, 0.6) is 0 Å². The van der Waals surface area contributed by atoms with Crippen LogP contribution in [0.1, 0.15) is 37.8 Å². The molecular formula is C14H20N4O2. The molecule has 0 radical (unpaired) electrons. The Bertz CT molecular complexity index is 479. The average Bonchev–Trinajstić information content (AvgIpc) is 3.17. The minimum atomic E-state index is -0.203. The first-order chi connectivity index (χ1) is 9.74. The first-order valence-corrected chi connectivity index (χ1v) is 7.28. The van der Waals surface area contributed by atoms with Gasteiger partial charge in [-0.15, -0.1) is 0 Å². The first kappa shape index (κ1) is 13.1. The molecule has 20 heavy (non-hydrogen) atoms. The molecule has 1 unspecified atom stereocenters. The fourth-order valence-electron chi connectivity index (χ4n) is 3.18. The maximum absolute atomic E-state index is 12.1. The molecular weight excluding hydrogens is 256 g/mol. The number of carbonyl (C=O) groups excluding carboxylic acids is 2. The van der Waals surface area contributed by atoms with Gasteiger partial charge in [0, 0.05) is 25.2 Å². The van der Waals surface area contributed by atoms with Gasteiger partial charge in [0.15, 0.2) is 0 Å². The number of hydrogen-bond acceptors (Lipinski definition) is 3. The van der Waals surface area contributed by atoms with Gasteiger partial charge >= 0.3 is 0 Å². The zero-order valence-electron chi connectivity index (χ0n) is 11.5. The molecule has 2 fully saturated rings. The molecule has 1 aromatic rings. The van der Waals surface area contributed by atoms with Crippen molar-refractivity contribution in [3.8, 4) is 0 Å². The Morgan fingerprint density at radius 2 is 2.25 bits per heavy atom. The molecule has 2 amide bonds. The highest BCUT2D eigenvalue weighted by Crippen LogP contribution is 2.29. The van der Waals surface area contributed by atoms with Crippen molar-refractivity contribution >= 4 is 11.8 Å². The molecule has 1 saturated carbocycles. The van der Waals surface area contributed by atoms with Crippen molar-refractivity contribution in [2.45, 2.75) is 44.7 Å². The van der Waals surface area contributed by atoms with Crippen LogP contribution in [0.2, 0.25) is 0 Å². The number of aromatic nitrogens is 2. The molecule has 1 aromatic heterocycles. The standard InChI is InChI=1S/C14H20N4O2/c19-13-5-10(8-18(13)12-3-1-2-4-12)14(20)16-7-11-6-15-9-17-11/h6,9-10,12H,1-5,7-8H2,(H,15,17)(H,16,20). The van der Waals surface area contributed by atoms with Gasteiger partial charge in [-0.05, 0) is 12.8 Å². The van der Waals surface area contributed by atoms with Crippen molar-refractivity contribution < 1.29 is 9.59 Å². The number of aromatic amines is 1. The third-order valence-corrected chi connectivity index (χ3v) is 4.30. The Hall–Kier alpha value is -1.85. The summed E-state index contributed by atoms with van der Waals surface area (Å²) in [7, 11) is 0. The monoisotopic (exact) mass is 276 g/mol. The highest BCUT2D eigenvalue weighted by atomic mass is 16.2. The topological polar surface area (TPSA) is 78.1 Å². The van der Waals surface area contributed by atoms with Gasteiger partial charge in [-0.2, -0.15) is 0 Å². The number of hydrogen-bond donors (Lipinski definition) is 2. The van der Waals surface area contributed by atoms with Gasteiger partial charge in [0.25, 0.3) is 0 Å². The molecule has 3 rings (SSSR count). The molecule has 1 aliphatic heterocycles. The van der Waals surface area contributed by atoms with E-state index in [4.69, 9.17) is 0 Å². The molecule has 2 N–H and O–H groups in total. The lowest BCUT2D eigenvalue weighted by Gasteiger charge is -2.23. The van der Waals surface area contributed by atoms with Crippen molar-refractivity contribution in [1.82, 2.24) is 20.2 Å².